The van der Waals surface area contributed by atoms with Crippen LogP contribution in [0.1, 0.15) is 12.5 Å². The van der Waals surface area contributed by atoms with Crippen molar-refractivity contribution in [1.29, 1.82) is 0 Å². The van der Waals surface area contributed by atoms with Gasteiger partial charge < -0.3 is 5.32 Å². The molecule has 0 saturated carbocycles. The summed E-state index contributed by atoms with van der Waals surface area (Å²) in [6.07, 6.45) is 0. The van der Waals surface area contributed by atoms with Gasteiger partial charge in [-0.2, -0.15) is 10.1 Å². The molecule has 1 aromatic heterocycles. The molecule has 0 aliphatic carbocycles. The molecule has 0 bridgehead atoms. The van der Waals surface area contributed by atoms with Crippen molar-refractivity contribution < 1.29 is 12.8 Å². The standard InChI is InChI=1S/C25H22ClFN6O2S/c1-16(17-12-14-19(15-13-17)36(34,35)28-2)32-33-24-22(18-8-4-3-5-9-18)23(26)30-25(31-24)29-21-11-7-6-10-20(21)27/h3-15,28H,1-2H3,(H2,29,30,31,33). The zero-order valence-corrected chi connectivity index (χ0v) is 20.9. The highest BCUT2D eigenvalue weighted by Crippen LogP contribution is 2.34. The van der Waals surface area contributed by atoms with Gasteiger partial charge in [-0.3, -0.25) is 5.43 Å². The van der Waals surface area contributed by atoms with Crippen molar-refractivity contribution in [3.63, 3.8) is 0 Å². The van der Waals surface area contributed by atoms with E-state index in [1.807, 2.05) is 30.3 Å². The monoisotopic (exact) mass is 524 g/mol. The summed E-state index contributed by atoms with van der Waals surface area (Å²) in [6, 6.07) is 21.8. The number of anilines is 3. The molecule has 0 unspecified atom stereocenters. The normalized spacial score (nSPS) is 11.8. The Hall–Kier alpha value is -3.86. The van der Waals surface area contributed by atoms with Crippen molar-refractivity contribution in [2.75, 3.05) is 17.8 Å². The summed E-state index contributed by atoms with van der Waals surface area (Å²) in [5.41, 5.74) is 5.68. The lowest BCUT2D eigenvalue weighted by atomic mass is 10.1. The molecule has 0 spiro atoms. The second kappa shape index (κ2) is 10.8. The van der Waals surface area contributed by atoms with Crippen LogP contribution in [0.25, 0.3) is 11.1 Å². The van der Waals surface area contributed by atoms with Crippen molar-refractivity contribution in [3.05, 3.63) is 95.4 Å². The number of hydrazone groups is 1. The lowest BCUT2D eigenvalue weighted by molar-refractivity contribution is 0.588. The molecule has 3 N–H and O–H groups in total. The van der Waals surface area contributed by atoms with Crippen molar-refractivity contribution in [3.8, 4) is 11.1 Å². The maximum Gasteiger partial charge on any atom is 0.240 e. The van der Waals surface area contributed by atoms with Gasteiger partial charge in [-0.25, -0.2) is 22.5 Å². The molecular weight excluding hydrogens is 503 g/mol. The Morgan fingerprint density at radius 1 is 0.944 bits per heavy atom. The average Bonchev–Trinajstić information content (AvgIpc) is 2.89. The highest BCUT2D eigenvalue weighted by atomic mass is 35.5. The third-order valence-electron chi connectivity index (χ3n) is 5.23. The molecule has 4 rings (SSSR count). The van der Waals surface area contributed by atoms with E-state index in [-0.39, 0.29) is 21.7 Å². The van der Waals surface area contributed by atoms with Crippen molar-refractivity contribution >= 4 is 44.8 Å². The molecule has 0 saturated heterocycles. The first kappa shape index (κ1) is 25.2. The molecule has 1 heterocycles. The topological polar surface area (TPSA) is 108 Å². The summed E-state index contributed by atoms with van der Waals surface area (Å²) in [7, 11) is -2.19. The first-order chi connectivity index (χ1) is 17.3. The highest BCUT2D eigenvalue weighted by molar-refractivity contribution is 7.89. The lowest BCUT2D eigenvalue weighted by Crippen LogP contribution is -2.18. The van der Waals surface area contributed by atoms with E-state index < -0.39 is 15.8 Å². The molecule has 4 aromatic rings. The van der Waals surface area contributed by atoms with Gasteiger partial charge in [0.2, 0.25) is 16.0 Å². The summed E-state index contributed by atoms with van der Waals surface area (Å²) in [5, 5.41) is 7.41. The zero-order valence-electron chi connectivity index (χ0n) is 19.3. The molecule has 36 heavy (non-hydrogen) atoms. The molecular formula is C25H22ClFN6O2S. The Morgan fingerprint density at radius 3 is 2.28 bits per heavy atom. The van der Waals surface area contributed by atoms with Gasteiger partial charge in [-0.15, -0.1) is 0 Å². The molecule has 0 aliphatic rings. The number of sulfonamides is 1. The summed E-state index contributed by atoms with van der Waals surface area (Å²) in [4.78, 5) is 8.93. The summed E-state index contributed by atoms with van der Waals surface area (Å²) in [6.45, 7) is 1.76. The highest BCUT2D eigenvalue weighted by Gasteiger charge is 2.16. The Labute approximate surface area is 213 Å². The second-order valence-corrected chi connectivity index (χ2v) is 9.82. The molecule has 0 amide bonds. The first-order valence-corrected chi connectivity index (χ1v) is 12.6. The van der Waals surface area contributed by atoms with E-state index in [1.165, 1.54) is 25.2 Å². The number of para-hydroxylation sites is 1. The number of hydrogen-bond donors (Lipinski definition) is 3. The molecule has 0 atom stereocenters. The molecule has 184 valence electrons. The number of hydrogen-bond acceptors (Lipinski definition) is 7. The molecule has 0 radical (unpaired) electrons. The number of halogens is 2. The van der Waals surface area contributed by atoms with Crippen molar-refractivity contribution in [2.24, 2.45) is 5.10 Å². The quantitative estimate of drug-likeness (QED) is 0.161. The fraction of sp³-hybridized carbons (Fsp3) is 0.0800. The Morgan fingerprint density at radius 2 is 1.61 bits per heavy atom. The van der Waals surface area contributed by atoms with Crippen LogP contribution in [0, 0.1) is 5.82 Å². The Bertz CT molecular complexity index is 1510. The summed E-state index contributed by atoms with van der Waals surface area (Å²) in [5.74, 6) is -0.0769. The summed E-state index contributed by atoms with van der Waals surface area (Å²) < 4.78 is 40.4. The van der Waals surface area contributed by atoms with Crippen LogP contribution in [0.2, 0.25) is 5.15 Å². The van der Waals surface area contributed by atoms with Gasteiger partial charge in [0.1, 0.15) is 11.0 Å². The van der Waals surface area contributed by atoms with Gasteiger partial charge in [0, 0.05) is 0 Å². The van der Waals surface area contributed by atoms with E-state index >= 15 is 0 Å². The lowest BCUT2D eigenvalue weighted by Gasteiger charge is -2.14. The number of aromatic nitrogens is 2. The van der Waals surface area contributed by atoms with Crippen LogP contribution in [0.3, 0.4) is 0 Å². The first-order valence-electron chi connectivity index (χ1n) is 10.8. The second-order valence-electron chi connectivity index (χ2n) is 7.57. The van der Waals surface area contributed by atoms with E-state index in [0.717, 1.165) is 5.56 Å². The maximum absolute atomic E-state index is 14.2. The zero-order chi connectivity index (χ0) is 25.7. The minimum atomic E-state index is -3.54. The van der Waals surface area contributed by atoms with E-state index in [1.54, 1.807) is 37.3 Å². The van der Waals surface area contributed by atoms with Gasteiger partial charge in [-0.1, -0.05) is 66.2 Å². The van der Waals surface area contributed by atoms with Gasteiger partial charge >= 0.3 is 0 Å². The third-order valence-corrected chi connectivity index (χ3v) is 6.93. The van der Waals surface area contributed by atoms with Crippen LogP contribution in [0.4, 0.5) is 21.8 Å². The van der Waals surface area contributed by atoms with Gasteiger partial charge in [-0.05, 0) is 49.4 Å². The van der Waals surface area contributed by atoms with Crippen molar-refractivity contribution in [2.45, 2.75) is 11.8 Å². The third kappa shape index (κ3) is 5.68. The van der Waals surface area contributed by atoms with Gasteiger partial charge in [0.15, 0.2) is 5.82 Å². The Balaban J connectivity index is 1.69. The fourth-order valence-electron chi connectivity index (χ4n) is 3.31. The SMILES string of the molecule is CNS(=O)(=O)c1ccc(C(C)=NNc2nc(Nc3ccccc3F)nc(Cl)c2-c2ccccc2)cc1. The van der Waals surface area contributed by atoms with Crippen LogP contribution in [-0.4, -0.2) is 31.1 Å². The number of nitrogens with one attached hydrogen (secondary N) is 3. The number of benzene rings is 3. The van der Waals surface area contributed by atoms with E-state index in [2.05, 4.69) is 30.5 Å². The minimum Gasteiger partial charge on any atom is -0.322 e. The van der Waals surface area contributed by atoms with Crippen LogP contribution >= 0.6 is 11.6 Å². The predicted octanol–water partition coefficient (Wildman–Crippen LogP) is 5.42. The van der Waals surface area contributed by atoms with E-state index in [0.29, 0.717) is 22.7 Å². The summed E-state index contributed by atoms with van der Waals surface area (Å²) >= 11 is 6.55. The molecule has 0 aliphatic heterocycles. The van der Waals surface area contributed by atoms with E-state index in [9.17, 15) is 12.8 Å². The predicted molar refractivity (Wildman–Crippen MR) is 141 cm³/mol. The average molecular weight is 525 g/mol. The number of nitrogens with zero attached hydrogens (tertiary/aromatic N) is 3. The smallest absolute Gasteiger partial charge is 0.240 e. The molecule has 0 fully saturated rings. The number of rotatable bonds is 8. The Kier molecular flexibility index (Phi) is 7.58. The molecule has 11 heteroatoms. The minimum absolute atomic E-state index is 0.0850. The largest absolute Gasteiger partial charge is 0.322 e. The van der Waals surface area contributed by atoms with Crippen LogP contribution in [-0.2, 0) is 10.0 Å². The van der Waals surface area contributed by atoms with Crippen LogP contribution < -0.4 is 15.5 Å². The maximum atomic E-state index is 14.2. The van der Waals surface area contributed by atoms with Gasteiger partial charge in [0.25, 0.3) is 0 Å². The van der Waals surface area contributed by atoms with E-state index in [4.69, 9.17) is 11.6 Å². The van der Waals surface area contributed by atoms with Crippen LogP contribution in [0.15, 0.2) is 88.9 Å². The molecule has 8 nitrogen and oxygen atoms in total. The van der Waals surface area contributed by atoms with Crippen LogP contribution in [0.5, 0.6) is 0 Å². The van der Waals surface area contributed by atoms with Gasteiger partial charge in [0.05, 0.1) is 21.9 Å². The fourth-order valence-corrected chi connectivity index (χ4v) is 4.32. The van der Waals surface area contributed by atoms with Crippen molar-refractivity contribution in [1.82, 2.24) is 14.7 Å². The molecule has 3 aromatic carbocycles.